The standard InChI is InChI=1S/C26H24Cl2N4O2S/c1-15-8-9-18(28)13-22(15)32-21-11-10-17(27)12-19(21)23(16-6-4-3-5-7-16)30-24(26(32)34)31(2)25(33)20(29)14-35/h3-13,20,24,35H,14,29H2,1-2H3. The van der Waals surface area contributed by atoms with E-state index in [0.29, 0.717) is 32.7 Å². The Balaban J connectivity index is 2.02. The SMILES string of the molecule is Cc1ccc(Cl)cc1N1C(=O)C(N(C)C(=O)C(N)CS)N=C(c2ccccc2)c2cc(Cl)ccc21. The van der Waals surface area contributed by atoms with Gasteiger partial charge in [0.25, 0.3) is 5.91 Å². The third kappa shape index (κ3) is 4.95. The molecule has 2 N–H and O–H groups in total. The number of rotatable bonds is 5. The largest absolute Gasteiger partial charge is 0.319 e. The van der Waals surface area contributed by atoms with Crippen LogP contribution >= 0.6 is 35.8 Å². The summed E-state index contributed by atoms with van der Waals surface area (Å²) in [6, 6.07) is 19.2. The summed E-state index contributed by atoms with van der Waals surface area (Å²) in [5, 5.41) is 0.961. The smallest absolute Gasteiger partial charge is 0.277 e. The lowest BCUT2D eigenvalue weighted by Gasteiger charge is -2.31. The number of hydrogen-bond donors (Lipinski definition) is 2. The number of likely N-dealkylation sites (N-methyl/N-ethyl adjacent to an activating group) is 1. The second-order valence-electron chi connectivity index (χ2n) is 8.22. The molecule has 4 rings (SSSR count). The van der Waals surface area contributed by atoms with Gasteiger partial charge in [-0.3, -0.25) is 14.5 Å². The number of hydrogen-bond acceptors (Lipinski definition) is 5. The van der Waals surface area contributed by atoms with E-state index in [4.69, 9.17) is 33.9 Å². The minimum atomic E-state index is -1.19. The van der Waals surface area contributed by atoms with Crippen molar-refractivity contribution < 1.29 is 9.59 Å². The van der Waals surface area contributed by atoms with Crippen LogP contribution in [0.5, 0.6) is 0 Å². The first-order valence-corrected chi connectivity index (χ1v) is 12.3. The normalized spacial score (nSPS) is 16.3. The van der Waals surface area contributed by atoms with Gasteiger partial charge < -0.3 is 10.6 Å². The number of anilines is 2. The van der Waals surface area contributed by atoms with Crippen LogP contribution in [0.2, 0.25) is 10.0 Å². The van der Waals surface area contributed by atoms with Crippen LogP contribution in [0.15, 0.2) is 71.7 Å². The van der Waals surface area contributed by atoms with E-state index in [-0.39, 0.29) is 5.75 Å². The molecule has 2 unspecified atom stereocenters. The van der Waals surface area contributed by atoms with Crippen molar-refractivity contribution in [3.8, 4) is 0 Å². The van der Waals surface area contributed by atoms with E-state index in [2.05, 4.69) is 12.6 Å². The summed E-state index contributed by atoms with van der Waals surface area (Å²) in [5.74, 6) is -0.736. The van der Waals surface area contributed by atoms with Crippen LogP contribution in [0.25, 0.3) is 0 Å². The second kappa shape index (κ2) is 10.4. The first-order chi connectivity index (χ1) is 16.7. The van der Waals surface area contributed by atoms with Crippen molar-refractivity contribution in [2.75, 3.05) is 17.7 Å². The number of nitrogens with two attached hydrogens (primary N) is 1. The molecule has 3 aromatic rings. The van der Waals surface area contributed by atoms with Gasteiger partial charge in [-0.15, -0.1) is 0 Å². The number of thiol groups is 1. The zero-order chi connectivity index (χ0) is 25.3. The Morgan fingerprint density at radius 3 is 2.43 bits per heavy atom. The van der Waals surface area contributed by atoms with Crippen LogP contribution in [-0.4, -0.2) is 47.4 Å². The van der Waals surface area contributed by atoms with Gasteiger partial charge in [-0.25, -0.2) is 4.99 Å². The number of nitrogens with zero attached hydrogens (tertiary/aromatic N) is 3. The monoisotopic (exact) mass is 526 g/mol. The van der Waals surface area contributed by atoms with Gasteiger partial charge in [0.05, 0.1) is 23.1 Å². The molecule has 0 saturated heterocycles. The molecule has 0 aliphatic carbocycles. The highest BCUT2D eigenvalue weighted by Crippen LogP contribution is 2.38. The third-order valence-corrected chi connectivity index (χ3v) is 6.70. The van der Waals surface area contributed by atoms with Crippen LogP contribution in [0.3, 0.4) is 0 Å². The number of benzodiazepines with no additional fused rings is 1. The fourth-order valence-corrected chi connectivity index (χ4v) is 4.48. The minimum absolute atomic E-state index is 0.131. The lowest BCUT2D eigenvalue weighted by molar-refractivity contribution is -0.137. The molecule has 2 amide bonds. The highest BCUT2D eigenvalue weighted by molar-refractivity contribution is 7.80. The fourth-order valence-electron chi connectivity index (χ4n) is 3.98. The Morgan fingerprint density at radius 1 is 1.09 bits per heavy atom. The number of aliphatic imine (C=N–C) groups is 1. The van der Waals surface area contributed by atoms with Crippen molar-refractivity contribution in [2.45, 2.75) is 19.1 Å². The van der Waals surface area contributed by atoms with Crippen LogP contribution < -0.4 is 10.6 Å². The van der Waals surface area contributed by atoms with E-state index >= 15 is 0 Å². The highest BCUT2D eigenvalue weighted by Gasteiger charge is 2.38. The maximum atomic E-state index is 14.2. The molecule has 0 aromatic heterocycles. The predicted molar refractivity (Wildman–Crippen MR) is 145 cm³/mol. The molecule has 3 aromatic carbocycles. The number of aryl methyl sites for hydroxylation is 1. The van der Waals surface area contributed by atoms with Crippen LogP contribution in [0.4, 0.5) is 11.4 Å². The van der Waals surface area contributed by atoms with E-state index in [9.17, 15) is 9.59 Å². The summed E-state index contributed by atoms with van der Waals surface area (Å²) in [6.45, 7) is 1.89. The molecule has 0 spiro atoms. The van der Waals surface area contributed by atoms with E-state index in [1.165, 1.54) is 11.9 Å². The molecule has 2 atom stereocenters. The average molecular weight is 527 g/mol. The van der Waals surface area contributed by atoms with E-state index < -0.39 is 24.0 Å². The summed E-state index contributed by atoms with van der Waals surface area (Å²) in [6.07, 6.45) is -1.19. The van der Waals surface area contributed by atoms with Crippen LogP contribution in [0, 0.1) is 6.92 Å². The summed E-state index contributed by atoms with van der Waals surface area (Å²) >= 11 is 16.9. The van der Waals surface area contributed by atoms with Crippen molar-refractivity contribution >= 4 is 64.7 Å². The molecule has 180 valence electrons. The van der Waals surface area contributed by atoms with Gasteiger partial charge >= 0.3 is 0 Å². The van der Waals surface area contributed by atoms with Crippen molar-refractivity contribution in [3.05, 3.63) is 93.5 Å². The molecule has 0 bridgehead atoms. The molecule has 1 aliphatic rings. The summed E-state index contributed by atoms with van der Waals surface area (Å²) in [5.41, 5.74) is 9.92. The van der Waals surface area contributed by atoms with Crippen LogP contribution in [0.1, 0.15) is 16.7 Å². The average Bonchev–Trinajstić information content (AvgIpc) is 2.98. The van der Waals surface area contributed by atoms with Gasteiger partial charge in [-0.1, -0.05) is 59.6 Å². The zero-order valence-corrected chi connectivity index (χ0v) is 21.6. The van der Waals surface area contributed by atoms with Gasteiger partial charge in [-0.2, -0.15) is 12.6 Å². The Morgan fingerprint density at radius 2 is 1.74 bits per heavy atom. The van der Waals surface area contributed by atoms with Gasteiger partial charge in [0, 0.05) is 34.0 Å². The van der Waals surface area contributed by atoms with Crippen molar-refractivity contribution in [1.29, 1.82) is 0 Å². The molecule has 6 nitrogen and oxygen atoms in total. The number of amides is 2. The lowest BCUT2D eigenvalue weighted by Crippen LogP contribution is -2.52. The third-order valence-electron chi connectivity index (χ3n) is 5.83. The number of carbonyl (C=O) groups is 2. The highest BCUT2D eigenvalue weighted by atomic mass is 35.5. The molecule has 9 heteroatoms. The number of halogens is 2. The molecule has 1 heterocycles. The molecule has 1 aliphatic heterocycles. The van der Waals surface area contributed by atoms with E-state index in [1.807, 2.05) is 43.3 Å². The number of carbonyl (C=O) groups excluding carboxylic acids is 2. The first kappa shape index (κ1) is 25.3. The first-order valence-electron chi connectivity index (χ1n) is 10.9. The van der Waals surface area contributed by atoms with E-state index in [1.54, 1.807) is 35.2 Å². The molecule has 0 fully saturated rings. The second-order valence-corrected chi connectivity index (χ2v) is 9.46. The minimum Gasteiger partial charge on any atom is -0.319 e. The molecular weight excluding hydrogens is 503 g/mol. The molecule has 0 radical (unpaired) electrons. The van der Waals surface area contributed by atoms with Gasteiger partial charge in [-0.05, 0) is 42.8 Å². The molecular formula is C26H24Cl2N4O2S. The quantitative estimate of drug-likeness (QED) is 0.466. The Bertz CT molecular complexity index is 1320. The molecule has 0 saturated carbocycles. The van der Waals surface area contributed by atoms with E-state index in [0.717, 1.165) is 11.1 Å². The zero-order valence-electron chi connectivity index (χ0n) is 19.2. The number of benzene rings is 3. The maximum absolute atomic E-state index is 14.2. The Kier molecular flexibility index (Phi) is 7.52. The predicted octanol–water partition coefficient (Wildman–Crippen LogP) is 4.86. The van der Waals surface area contributed by atoms with Crippen LogP contribution in [-0.2, 0) is 9.59 Å². The maximum Gasteiger partial charge on any atom is 0.277 e. The summed E-state index contributed by atoms with van der Waals surface area (Å²) in [4.78, 5) is 34.9. The topological polar surface area (TPSA) is 79.0 Å². The Labute approximate surface area is 219 Å². The Hall–Kier alpha value is -2.84. The summed E-state index contributed by atoms with van der Waals surface area (Å²) in [7, 11) is 1.52. The van der Waals surface area contributed by atoms with Gasteiger partial charge in [0.15, 0.2) is 0 Å². The van der Waals surface area contributed by atoms with Crippen molar-refractivity contribution in [2.24, 2.45) is 10.7 Å². The number of fused-ring (bicyclic) bond motifs is 1. The van der Waals surface area contributed by atoms with Gasteiger partial charge in [0.1, 0.15) is 0 Å². The molecule has 35 heavy (non-hydrogen) atoms. The van der Waals surface area contributed by atoms with Crippen molar-refractivity contribution in [3.63, 3.8) is 0 Å². The lowest BCUT2D eigenvalue weighted by atomic mass is 9.99. The van der Waals surface area contributed by atoms with Crippen molar-refractivity contribution in [1.82, 2.24) is 4.90 Å². The summed E-state index contributed by atoms with van der Waals surface area (Å²) < 4.78 is 0. The fraction of sp³-hybridized carbons (Fsp3) is 0.192. The van der Waals surface area contributed by atoms with Gasteiger partial charge in [0.2, 0.25) is 12.1 Å².